The predicted octanol–water partition coefficient (Wildman–Crippen LogP) is -0.363. The second-order valence-corrected chi connectivity index (χ2v) is 3.99. The Bertz CT molecular complexity index is 461. The molecule has 0 aliphatic carbocycles. The first-order chi connectivity index (χ1) is 6.29. The van der Waals surface area contributed by atoms with E-state index >= 15 is 0 Å². The molecule has 0 saturated carbocycles. The molecule has 0 amide bonds. The summed E-state index contributed by atoms with van der Waals surface area (Å²) in [6, 6.07) is 1.34. The molecule has 0 bridgehead atoms. The van der Waals surface area contributed by atoms with Gasteiger partial charge in [0.05, 0.1) is 5.69 Å². The number of aryl methyl sites for hydroxylation is 1. The van der Waals surface area contributed by atoms with E-state index in [0.717, 1.165) is 0 Å². The van der Waals surface area contributed by atoms with Crippen LogP contribution in [-0.4, -0.2) is 24.5 Å². The van der Waals surface area contributed by atoms with Crippen molar-refractivity contribution in [1.29, 1.82) is 0 Å². The van der Waals surface area contributed by atoms with E-state index < -0.39 is 16.2 Å². The number of anilines is 1. The summed E-state index contributed by atoms with van der Waals surface area (Å²) in [5, 5.41) is 13.4. The summed E-state index contributed by atoms with van der Waals surface area (Å²) in [5.41, 5.74) is 0.211. The van der Waals surface area contributed by atoms with Gasteiger partial charge in [-0.15, -0.1) is 0 Å². The van der Waals surface area contributed by atoms with Gasteiger partial charge in [-0.25, -0.2) is 9.93 Å². The monoisotopic (exact) mass is 219 g/mol. The molecule has 1 heterocycles. The smallest absolute Gasteiger partial charge is 0.354 e. The third-order valence-electron chi connectivity index (χ3n) is 1.42. The highest BCUT2D eigenvalue weighted by molar-refractivity contribution is 7.90. The van der Waals surface area contributed by atoms with Crippen molar-refractivity contribution >= 4 is 21.9 Å². The van der Waals surface area contributed by atoms with Crippen molar-refractivity contribution in [2.75, 3.05) is 4.72 Å². The molecule has 0 fully saturated rings. The molecule has 8 heteroatoms. The van der Waals surface area contributed by atoms with Crippen molar-refractivity contribution in [2.45, 2.75) is 6.92 Å². The molecule has 14 heavy (non-hydrogen) atoms. The lowest BCUT2D eigenvalue weighted by Crippen LogP contribution is -2.22. The van der Waals surface area contributed by atoms with Crippen LogP contribution in [0.5, 0.6) is 0 Å². The summed E-state index contributed by atoms with van der Waals surface area (Å²) in [4.78, 5) is 13.1. The Morgan fingerprint density at radius 2 is 2.21 bits per heavy atom. The van der Waals surface area contributed by atoms with Crippen molar-refractivity contribution in [3.63, 3.8) is 0 Å². The average Bonchev–Trinajstić information content (AvgIpc) is 2.27. The molecule has 0 radical (unpaired) electrons. The van der Waals surface area contributed by atoms with Crippen LogP contribution in [0.4, 0.5) is 5.69 Å². The van der Waals surface area contributed by atoms with Gasteiger partial charge in [-0.3, -0.25) is 4.72 Å². The minimum atomic E-state index is -3.95. The van der Waals surface area contributed by atoms with Crippen LogP contribution in [0.2, 0.25) is 0 Å². The minimum Gasteiger partial charge on any atom is -0.477 e. The standard InChI is InChI=1S/C6H9N3O4S/c1-3-2-4(9-14(7,12)13)5(8-3)6(10)11/h2,8-9H,1H3,(H,10,11)(H2,7,12,13). The number of carboxylic acid groups (broad SMARTS) is 1. The SMILES string of the molecule is Cc1cc(NS(N)(=O)=O)c(C(=O)O)[nH]1. The molecule has 1 rings (SSSR count). The molecule has 78 valence electrons. The van der Waals surface area contributed by atoms with Gasteiger partial charge in [0.2, 0.25) is 0 Å². The van der Waals surface area contributed by atoms with Gasteiger partial charge in [-0.1, -0.05) is 0 Å². The quantitative estimate of drug-likeness (QED) is 0.553. The van der Waals surface area contributed by atoms with E-state index in [2.05, 4.69) is 4.98 Å². The predicted molar refractivity (Wildman–Crippen MR) is 49.2 cm³/mol. The summed E-state index contributed by atoms with van der Waals surface area (Å²) in [7, 11) is -3.95. The van der Waals surface area contributed by atoms with Crippen LogP contribution < -0.4 is 9.86 Å². The molecular formula is C6H9N3O4S. The first-order valence-corrected chi connectivity index (χ1v) is 5.07. The van der Waals surface area contributed by atoms with Gasteiger partial charge in [0, 0.05) is 5.69 Å². The highest BCUT2D eigenvalue weighted by Gasteiger charge is 2.15. The summed E-state index contributed by atoms with van der Waals surface area (Å²) >= 11 is 0. The van der Waals surface area contributed by atoms with Gasteiger partial charge in [-0.2, -0.15) is 8.42 Å². The van der Waals surface area contributed by atoms with Gasteiger partial charge in [0.1, 0.15) is 5.69 Å². The van der Waals surface area contributed by atoms with E-state index in [-0.39, 0.29) is 11.4 Å². The molecule has 1 aromatic rings. The minimum absolute atomic E-state index is 0.0718. The summed E-state index contributed by atoms with van der Waals surface area (Å²) < 4.78 is 23.2. The second kappa shape index (κ2) is 3.31. The number of hydrogen-bond acceptors (Lipinski definition) is 3. The number of carbonyl (C=O) groups is 1. The van der Waals surface area contributed by atoms with Crippen LogP contribution in [-0.2, 0) is 10.2 Å². The summed E-state index contributed by atoms with van der Waals surface area (Å²) in [5.74, 6) is -1.26. The average molecular weight is 219 g/mol. The van der Waals surface area contributed by atoms with Crippen molar-refractivity contribution in [3.05, 3.63) is 17.5 Å². The zero-order valence-electron chi connectivity index (χ0n) is 7.23. The van der Waals surface area contributed by atoms with E-state index in [4.69, 9.17) is 10.2 Å². The molecule has 0 aliphatic rings. The van der Waals surface area contributed by atoms with Crippen molar-refractivity contribution in [1.82, 2.24) is 4.98 Å². The highest BCUT2D eigenvalue weighted by Crippen LogP contribution is 2.17. The van der Waals surface area contributed by atoms with Gasteiger partial charge in [0.15, 0.2) is 0 Å². The van der Waals surface area contributed by atoms with Crippen LogP contribution in [0.25, 0.3) is 0 Å². The fourth-order valence-corrected chi connectivity index (χ4v) is 1.46. The largest absolute Gasteiger partial charge is 0.477 e. The maximum Gasteiger partial charge on any atom is 0.354 e. The molecular weight excluding hydrogens is 210 g/mol. The van der Waals surface area contributed by atoms with Crippen LogP contribution in [0.15, 0.2) is 6.07 Å². The highest BCUT2D eigenvalue weighted by atomic mass is 32.2. The molecule has 0 atom stereocenters. The number of hydrogen-bond donors (Lipinski definition) is 4. The van der Waals surface area contributed by atoms with Gasteiger partial charge in [0.25, 0.3) is 10.2 Å². The van der Waals surface area contributed by atoms with Gasteiger partial charge in [-0.05, 0) is 13.0 Å². The van der Waals surface area contributed by atoms with Crippen molar-refractivity contribution < 1.29 is 18.3 Å². The first-order valence-electron chi connectivity index (χ1n) is 3.53. The molecule has 1 aromatic heterocycles. The second-order valence-electron chi connectivity index (χ2n) is 2.69. The normalized spacial score (nSPS) is 11.3. The Morgan fingerprint density at radius 1 is 1.64 bits per heavy atom. The van der Waals surface area contributed by atoms with E-state index in [0.29, 0.717) is 5.69 Å². The maximum atomic E-state index is 10.6. The van der Waals surface area contributed by atoms with Crippen LogP contribution in [0.1, 0.15) is 16.2 Å². The summed E-state index contributed by atoms with van der Waals surface area (Å²) in [6.07, 6.45) is 0. The fourth-order valence-electron chi connectivity index (χ4n) is 0.992. The third-order valence-corrected chi connectivity index (χ3v) is 1.92. The van der Waals surface area contributed by atoms with Crippen LogP contribution in [0, 0.1) is 6.92 Å². The lowest BCUT2D eigenvalue weighted by atomic mass is 10.4. The Kier molecular flexibility index (Phi) is 2.49. The zero-order chi connectivity index (χ0) is 10.9. The number of carboxylic acids is 1. The van der Waals surface area contributed by atoms with E-state index in [1.807, 2.05) is 4.72 Å². The number of H-pyrrole nitrogens is 1. The Balaban J connectivity index is 3.14. The maximum absolute atomic E-state index is 10.6. The molecule has 5 N–H and O–H groups in total. The Labute approximate surface area is 80.1 Å². The van der Waals surface area contributed by atoms with Crippen LogP contribution >= 0.6 is 0 Å². The Hall–Kier alpha value is -1.54. The molecule has 7 nitrogen and oxygen atoms in total. The Morgan fingerprint density at radius 3 is 2.64 bits per heavy atom. The number of rotatable bonds is 3. The van der Waals surface area contributed by atoms with Crippen molar-refractivity contribution in [3.8, 4) is 0 Å². The zero-order valence-corrected chi connectivity index (χ0v) is 8.05. The number of nitrogens with two attached hydrogens (primary N) is 1. The number of aromatic amines is 1. The number of nitrogens with one attached hydrogen (secondary N) is 2. The van der Waals surface area contributed by atoms with E-state index in [1.54, 1.807) is 6.92 Å². The fraction of sp³-hybridized carbons (Fsp3) is 0.167. The third kappa shape index (κ3) is 2.47. The topological polar surface area (TPSA) is 125 Å². The summed E-state index contributed by atoms with van der Waals surface area (Å²) in [6.45, 7) is 1.60. The van der Waals surface area contributed by atoms with E-state index in [1.165, 1.54) is 6.07 Å². The van der Waals surface area contributed by atoms with Gasteiger partial charge >= 0.3 is 5.97 Å². The molecule has 0 unspecified atom stereocenters. The number of aromatic nitrogens is 1. The van der Waals surface area contributed by atoms with Crippen LogP contribution in [0.3, 0.4) is 0 Å². The van der Waals surface area contributed by atoms with E-state index in [9.17, 15) is 13.2 Å². The lowest BCUT2D eigenvalue weighted by molar-refractivity contribution is 0.0692. The molecule has 0 saturated heterocycles. The first kappa shape index (κ1) is 10.5. The lowest BCUT2D eigenvalue weighted by Gasteiger charge is -2.00. The number of aromatic carboxylic acids is 1. The van der Waals surface area contributed by atoms with Crippen molar-refractivity contribution in [2.24, 2.45) is 5.14 Å². The molecule has 0 spiro atoms. The van der Waals surface area contributed by atoms with Gasteiger partial charge < -0.3 is 10.1 Å². The molecule has 0 aliphatic heterocycles. The molecule has 0 aromatic carbocycles.